The maximum Gasteiger partial charge on any atom is 0.339 e. The molecule has 18 heavy (non-hydrogen) atoms. The lowest BCUT2D eigenvalue weighted by Gasteiger charge is -2.01. The van der Waals surface area contributed by atoms with E-state index in [1.54, 1.807) is 11.3 Å². The Bertz CT molecular complexity index is 500. The first-order chi connectivity index (χ1) is 8.24. The molecule has 0 radical (unpaired) electrons. The molecule has 0 N–H and O–H groups in total. The molecule has 0 aliphatic carbocycles. The van der Waals surface area contributed by atoms with Gasteiger partial charge in [-0.05, 0) is 19.9 Å². The molecule has 2 nitrogen and oxygen atoms in total. The molecule has 0 unspecified atom stereocenters. The fraction of sp³-hybridized carbons (Fsp3) is 0.400. The van der Waals surface area contributed by atoms with Gasteiger partial charge in [0.25, 0.3) is 0 Å². The van der Waals surface area contributed by atoms with E-state index in [1.807, 2.05) is 52.0 Å². The number of thiophene rings is 1. The van der Waals surface area contributed by atoms with Gasteiger partial charge >= 0.3 is 5.97 Å². The van der Waals surface area contributed by atoms with Gasteiger partial charge in [0.15, 0.2) is 0 Å². The van der Waals surface area contributed by atoms with Crippen molar-refractivity contribution in [2.45, 2.75) is 35.1 Å². The van der Waals surface area contributed by atoms with Crippen molar-refractivity contribution >= 4 is 27.4 Å². The Labute approximate surface area is 114 Å². The van der Waals surface area contributed by atoms with E-state index in [0.29, 0.717) is 6.61 Å². The van der Waals surface area contributed by atoms with Crippen LogP contribution < -0.4 is 0 Å². The second kappa shape index (κ2) is 7.88. The number of aryl methyl sites for hydroxylation is 1. The molecule has 1 heterocycles. The fourth-order valence-electron chi connectivity index (χ4n) is 1.62. The molecular formula is C15H22O2S. The van der Waals surface area contributed by atoms with E-state index in [0.717, 1.165) is 20.5 Å². The average molecular weight is 266 g/mol. The minimum Gasteiger partial charge on any atom is -0.462 e. The van der Waals surface area contributed by atoms with Crippen LogP contribution in [0.15, 0.2) is 24.3 Å². The predicted octanol–water partition coefficient (Wildman–Crippen LogP) is 5.05. The van der Waals surface area contributed by atoms with E-state index in [4.69, 9.17) is 4.74 Å². The maximum absolute atomic E-state index is 11.7. The normalized spacial score (nSPS) is 9.11. The standard InChI is InChI=1S/C12H12O2S.C2H6.CH4/c1-3-14-12(13)11-8(2)15-10-7-5-4-6-9(10)11;1-2;/h4-7H,3H2,1-2H3;1-2H3;1H4. The Hall–Kier alpha value is -1.35. The van der Waals surface area contributed by atoms with Crippen molar-refractivity contribution in [2.24, 2.45) is 0 Å². The van der Waals surface area contributed by atoms with Gasteiger partial charge < -0.3 is 4.74 Å². The summed E-state index contributed by atoms with van der Waals surface area (Å²) in [6.45, 7) is 8.20. The van der Waals surface area contributed by atoms with Crippen molar-refractivity contribution in [3.63, 3.8) is 0 Å². The first-order valence-corrected chi connectivity index (χ1v) is 6.71. The van der Waals surface area contributed by atoms with Crippen LogP contribution in [-0.2, 0) is 4.74 Å². The molecular weight excluding hydrogens is 244 g/mol. The topological polar surface area (TPSA) is 26.3 Å². The first kappa shape index (κ1) is 16.6. The van der Waals surface area contributed by atoms with Gasteiger partial charge in [0.05, 0.1) is 12.2 Å². The van der Waals surface area contributed by atoms with E-state index in [2.05, 4.69) is 0 Å². The molecule has 0 bridgehead atoms. The van der Waals surface area contributed by atoms with E-state index < -0.39 is 0 Å². The summed E-state index contributed by atoms with van der Waals surface area (Å²) in [6, 6.07) is 7.91. The highest BCUT2D eigenvalue weighted by atomic mass is 32.1. The van der Waals surface area contributed by atoms with Gasteiger partial charge in [0.1, 0.15) is 0 Å². The maximum atomic E-state index is 11.7. The second-order valence-corrected chi connectivity index (χ2v) is 4.51. The quantitative estimate of drug-likeness (QED) is 0.711. The zero-order valence-corrected chi connectivity index (χ0v) is 11.6. The van der Waals surface area contributed by atoms with Crippen molar-refractivity contribution in [1.29, 1.82) is 0 Å². The number of benzene rings is 1. The average Bonchev–Trinajstić information content (AvgIpc) is 2.68. The molecule has 0 aliphatic rings. The van der Waals surface area contributed by atoms with Crippen LogP contribution in [0.3, 0.4) is 0 Å². The fourth-order valence-corrected chi connectivity index (χ4v) is 2.68. The van der Waals surface area contributed by atoms with E-state index in [9.17, 15) is 4.79 Å². The first-order valence-electron chi connectivity index (χ1n) is 5.89. The van der Waals surface area contributed by atoms with Crippen LogP contribution in [0.4, 0.5) is 0 Å². The molecule has 0 saturated carbocycles. The Morgan fingerprint density at radius 1 is 1.28 bits per heavy atom. The van der Waals surface area contributed by atoms with Crippen molar-refractivity contribution in [1.82, 2.24) is 0 Å². The van der Waals surface area contributed by atoms with Gasteiger partial charge in [-0.2, -0.15) is 0 Å². The molecule has 0 spiro atoms. The predicted molar refractivity (Wildman–Crippen MR) is 80.6 cm³/mol. The van der Waals surface area contributed by atoms with Crippen molar-refractivity contribution in [2.75, 3.05) is 6.61 Å². The summed E-state index contributed by atoms with van der Waals surface area (Å²) in [5.74, 6) is -0.215. The summed E-state index contributed by atoms with van der Waals surface area (Å²) in [4.78, 5) is 12.7. The number of carbonyl (C=O) groups is 1. The van der Waals surface area contributed by atoms with Gasteiger partial charge in [-0.3, -0.25) is 0 Å². The lowest BCUT2D eigenvalue weighted by Crippen LogP contribution is -2.04. The van der Waals surface area contributed by atoms with Gasteiger partial charge in [-0.25, -0.2) is 4.79 Å². The van der Waals surface area contributed by atoms with Gasteiger partial charge in [0.2, 0.25) is 0 Å². The van der Waals surface area contributed by atoms with E-state index >= 15 is 0 Å². The number of carbonyl (C=O) groups excluding carboxylic acids is 1. The van der Waals surface area contributed by atoms with Crippen molar-refractivity contribution in [3.8, 4) is 0 Å². The smallest absolute Gasteiger partial charge is 0.339 e. The van der Waals surface area contributed by atoms with Gasteiger partial charge in [-0.15, -0.1) is 11.3 Å². The second-order valence-electron chi connectivity index (χ2n) is 3.25. The zero-order valence-electron chi connectivity index (χ0n) is 10.7. The minimum absolute atomic E-state index is 0. The SMILES string of the molecule is C.CC.CCOC(=O)c1c(C)sc2ccccc12. The molecule has 0 fully saturated rings. The molecule has 2 rings (SSSR count). The van der Waals surface area contributed by atoms with Crippen LogP contribution in [0.2, 0.25) is 0 Å². The molecule has 1 aromatic carbocycles. The zero-order chi connectivity index (χ0) is 12.8. The third-order valence-corrected chi connectivity index (χ3v) is 3.34. The van der Waals surface area contributed by atoms with Crippen LogP contribution >= 0.6 is 11.3 Å². The van der Waals surface area contributed by atoms with Crippen molar-refractivity contribution < 1.29 is 9.53 Å². The molecule has 3 heteroatoms. The highest BCUT2D eigenvalue weighted by molar-refractivity contribution is 7.19. The van der Waals surface area contributed by atoms with Crippen molar-refractivity contribution in [3.05, 3.63) is 34.7 Å². The monoisotopic (exact) mass is 266 g/mol. The third-order valence-electron chi connectivity index (χ3n) is 2.25. The number of ether oxygens (including phenoxy) is 1. The molecule has 2 aromatic rings. The molecule has 0 aliphatic heterocycles. The summed E-state index contributed by atoms with van der Waals surface area (Å²) >= 11 is 1.63. The summed E-state index contributed by atoms with van der Waals surface area (Å²) < 4.78 is 6.18. The summed E-state index contributed by atoms with van der Waals surface area (Å²) in [7, 11) is 0. The van der Waals surface area contributed by atoms with Crippen LogP contribution in [0.25, 0.3) is 10.1 Å². The van der Waals surface area contributed by atoms with E-state index in [1.165, 1.54) is 0 Å². The van der Waals surface area contributed by atoms with Gasteiger partial charge in [-0.1, -0.05) is 39.5 Å². The number of hydrogen-bond acceptors (Lipinski definition) is 3. The highest BCUT2D eigenvalue weighted by Crippen LogP contribution is 2.30. The van der Waals surface area contributed by atoms with Crippen LogP contribution in [-0.4, -0.2) is 12.6 Å². The lowest BCUT2D eigenvalue weighted by molar-refractivity contribution is 0.0528. The number of fused-ring (bicyclic) bond motifs is 1. The molecule has 100 valence electrons. The molecule has 1 aromatic heterocycles. The summed E-state index contributed by atoms with van der Waals surface area (Å²) in [5, 5.41) is 0.999. The van der Waals surface area contributed by atoms with Crippen LogP contribution in [0.1, 0.15) is 43.4 Å². The van der Waals surface area contributed by atoms with Gasteiger partial charge in [0, 0.05) is 15.0 Å². The Kier molecular flexibility index (Phi) is 7.29. The Balaban J connectivity index is 0.000000917. The molecule has 0 atom stereocenters. The highest BCUT2D eigenvalue weighted by Gasteiger charge is 2.16. The summed E-state index contributed by atoms with van der Waals surface area (Å²) in [6.07, 6.45) is 0. The Morgan fingerprint density at radius 3 is 2.50 bits per heavy atom. The molecule has 0 saturated heterocycles. The minimum atomic E-state index is -0.215. The third kappa shape index (κ3) is 3.33. The lowest BCUT2D eigenvalue weighted by atomic mass is 10.1. The number of rotatable bonds is 2. The number of esters is 1. The Morgan fingerprint density at radius 2 is 1.89 bits per heavy atom. The number of hydrogen-bond donors (Lipinski definition) is 0. The summed E-state index contributed by atoms with van der Waals surface area (Å²) in [5.41, 5.74) is 0.720. The van der Waals surface area contributed by atoms with Crippen LogP contribution in [0, 0.1) is 6.92 Å². The van der Waals surface area contributed by atoms with E-state index in [-0.39, 0.29) is 13.4 Å². The largest absolute Gasteiger partial charge is 0.462 e. The van der Waals surface area contributed by atoms with Crippen LogP contribution in [0.5, 0.6) is 0 Å². The molecule has 0 amide bonds.